The number of hydrogen-bond donors (Lipinski definition) is 2. The molecule has 5 bridgehead atoms. The second-order valence-electron chi connectivity index (χ2n) is 14.2. The van der Waals surface area contributed by atoms with Crippen LogP contribution < -0.4 is 0 Å². The summed E-state index contributed by atoms with van der Waals surface area (Å²) in [4.78, 5) is 56.2. The Morgan fingerprint density at radius 2 is 1.85 bits per heavy atom. The van der Waals surface area contributed by atoms with E-state index in [0.29, 0.717) is 0 Å². The number of fused-ring (bicyclic) bond motifs is 5. The molecule has 8 aliphatic rings. The number of allylic oxidation sites excluding steroid dienone is 1. The van der Waals surface area contributed by atoms with Gasteiger partial charge in [0.25, 0.3) is 0 Å². The summed E-state index contributed by atoms with van der Waals surface area (Å²) >= 11 is 0. The van der Waals surface area contributed by atoms with Crippen molar-refractivity contribution in [3.8, 4) is 0 Å². The van der Waals surface area contributed by atoms with Crippen molar-refractivity contribution < 1.29 is 53.1 Å². The average Bonchev–Trinajstić information content (AvgIpc) is 3.23. The first kappa shape index (κ1) is 26.4. The van der Waals surface area contributed by atoms with Gasteiger partial charge in [-0.1, -0.05) is 13.0 Å². The van der Waals surface area contributed by atoms with E-state index in [1.165, 1.54) is 6.08 Å². The summed E-state index contributed by atoms with van der Waals surface area (Å²) < 4.78 is 31.4. The second kappa shape index (κ2) is 7.30. The summed E-state index contributed by atoms with van der Waals surface area (Å²) in [6.45, 7) is 6.99. The van der Waals surface area contributed by atoms with Crippen LogP contribution in [0.15, 0.2) is 12.2 Å². The molecule has 0 aromatic heterocycles. The third-order valence-corrected chi connectivity index (χ3v) is 13.0. The van der Waals surface area contributed by atoms with Gasteiger partial charge in [-0.3, -0.25) is 14.4 Å². The van der Waals surface area contributed by atoms with Gasteiger partial charge in [-0.25, -0.2) is 4.79 Å². The van der Waals surface area contributed by atoms with Crippen molar-refractivity contribution >= 4 is 23.5 Å². The number of hydrogen-bond acceptors (Lipinski definition) is 11. The lowest BCUT2D eigenvalue weighted by Crippen LogP contribution is -2.79. The number of carbonyl (C=O) groups is 4. The SMILES string of the molecule is CCOC1CC2C(CCC3(O)C(=O)OC4(C)C5CC6(C)C(COC27OC34C6C7=O)C(=O)O5)C2(C)C(=O)C=CCC12O. The molecule has 2 saturated carbocycles. The number of aliphatic hydroxyl groups is 2. The van der Waals surface area contributed by atoms with Crippen LogP contribution in [0.4, 0.5) is 0 Å². The lowest BCUT2D eigenvalue weighted by Gasteiger charge is -2.64. The minimum absolute atomic E-state index is 0.115. The lowest BCUT2D eigenvalue weighted by atomic mass is 9.46. The van der Waals surface area contributed by atoms with Crippen LogP contribution in [0, 0.1) is 34.5 Å². The number of rotatable bonds is 2. The Labute approximate surface area is 236 Å². The molecule has 5 saturated heterocycles. The zero-order chi connectivity index (χ0) is 29.2. The molecule has 13 atom stereocenters. The van der Waals surface area contributed by atoms with Gasteiger partial charge in [-0.05, 0) is 70.3 Å². The number of Topliss-reactive ketones (excluding diaryl/α,β-unsaturated/α-hetero) is 1. The van der Waals surface area contributed by atoms with E-state index < -0.39 is 92.6 Å². The molecule has 3 aliphatic carbocycles. The van der Waals surface area contributed by atoms with E-state index in [1.54, 1.807) is 26.8 Å². The molecule has 2 N–H and O–H groups in total. The van der Waals surface area contributed by atoms with Crippen LogP contribution in [-0.4, -0.2) is 87.3 Å². The standard InChI is InChI=1S/C30H36O11/c1-5-37-18-11-15-14(25(3)17(31)7-6-9-27(18,25)35)8-10-28(36)23(34)40-26(4)19-12-24(2)16(22(33)39-19)13-38-29(15)21(32)20(24)30(26,28)41-29/h6-7,14-16,18-20,35-36H,5,8-13H2,1-4H3. The van der Waals surface area contributed by atoms with E-state index in [1.807, 2.05) is 6.92 Å². The van der Waals surface area contributed by atoms with Crippen molar-refractivity contribution in [3.63, 3.8) is 0 Å². The fraction of sp³-hybridized carbons (Fsp3) is 0.800. The topological polar surface area (TPSA) is 155 Å². The maximum absolute atomic E-state index is 15.1. The van der Waals surface area contributed by atoms with Crippen LogP contribution in [0.5, 0.6) is 0 Å². The molecule has 5 aliphatic heterocycles. The van der Waals surface area contributed by atoms with Gasteiger partial charge in [0.15, 0.2) is 28.4 Å². The van der Waals surface area contributed by atoms with Gasteiger partial charge < -0.3 is 33.9 Å². The first-order chi connectivity index (χ1) is 19.2. The molecule has 0 aromatic rings. The molecule has 41 heavy (non-hydrogen) atoms. The molecule has 11 heteroatoms. The molecule has 5 heterocycles. The number of carbonyl (C=O) groups excluding carboxylic acids is 4. The van der Waals surface area contributed by atoms with Gasteiger partial charge in [0, 0.05) is 12.5 Å². The highest BCUT2D eigenvalue weighted by Gasteiger charge is 2.93. The summed E-state index contributed by atoms with van der Waals surface area (Å²) in [6.07, 6.45) is 1.81. The monoisotopic (exact) mass is 572 g/mol. The van der Waals surface area contributed by atoms with Crippen LogP contribution in [0.1, 0.15) is 59.8 Å². The maximum Gasteiger partial charge on any atom is 0.342 e. The Kier molecular flexibility index (Phi) is 4.71. The smallest absolute Gasteiger partial charge is 0.342 e. The third-order valence-electron chi connectivity index (χ3n) is 13.0. The summed E-state index contributed by atoms with van der Waals surface area (Å²) in [5.74, 6) is -7.76. The minimum atomic E-state index is -2.29. The largest absolute Gasteiger partial charge is 0.458 e. The van der Waals surface area contributed by atoms with Gasteiger partial charge in [0.1, 0.15) is 11.7 Å². The van der Waals surface area contributed by atoms with Crippen molar-refractivity contribution in [2.24, 2.45) is 34.5 Å². The summed E-state index contributed by atoms with van der Waals surface area (Å²) in [5.41, 5.74) is -9.92. The Bertz CT molecular complexity index is 1360. The molecule has 13 unspecified atom stereocenters. The van der Waals surface area contributed by atoms with E-state index in [-0.39, 0.29) is 51.1 Å². The lowest BCUT2D eigenvalue weighted by molar-refractivity contribution is -0.382. The zero-order valence-corrected chi connectivity index (χ0v) is 23.6. The molecule has 0 amide bonds. The van der Waals surface area contributed by atoms with Crippen LogP contribution in [0.25, 0.3) is 0 Å². The first-order valence-corrected chi connectivity index (χ1v) is 14.8. The quantitative estimate of drug-likeness (QED) is 0.451. The van der Waals surface area contributed by atoms with Crippen LogP contribution in [-0.2, 0) is 42.9 Å². The number of ether oxygens (including phenoxy) is 5. The van der Waals surface area contributed by atoms with Crippen molar-refractivity contribution in [3.05, 3.63) is 12.2 Å². The molecule has 7 fully saturated rings. The molecule has 11 nitrogen and oxygen atoms in total. The number of esters is 2. The molecule has 0 aromatic carbocycles. The molecule has 8 rings (SSSR count). The van der Waals surface area contributed by atoms with Gasteiger partial charge in [-0.2, -0.15) is 0 Å². The first-order valence-electron chi connectivity index (χ1n) is 14.8. The summed E-state index contributed by atoms with van der Waals surface area (Å²) in [6, 6.07) is 0. The van der Waals surface area contributed by atoms with Crippen molar-refractivity contribution in [1.82, 2.24) is 0 Å². The van der Waals surface area contributed by atoms with E-state index in [9.17, 15) is 24.6 Å². The summed E-state index contributed by atoms with van der Waals surface area (Å²) in [7, 11) is 0. The second-order valence-corrected chi connectivity index (χ2v) is 14.2. The number of ketones is 2. The van der Waals surface area contributed by atoms with E-state index >= 15 is 4.79 Å². The normalized spacial score (nSPS) is 59.6. The Balaban J connectivity index is 1.42. The highest BCUT2D eigenvalue weighted by Crippen LogP contribution is 2.75. The molecule has 2 spiro atoms. The van der Waals surface area contributed by atoms with Crippen LogP contribution in [0.3, 0.4) is 0 Å². The fourth-order valence-corrected chi connectivity index (χ4v) is 10.9. The maximum atomic E-state index is 15.1. The third kappa shape index (κ3) is 2.38. The van der Waals surface area contributed by atoms with E-state index in [0.717, 1.165) is 0 Å². The predicted molar refractivity (Wildman–Crippen MR) is 135 cm³/mol. The van der Waals surface area contributed by atoms with Crippen molar-refractivity contribution in [1.29, 1.82) is 0 Å². The Hall–Kier alpha value is -2.18. The van der Waals surface area contributed by atoms with Gasteiger partial charge >= 0.3 is 11.9 Å². The van der Waals surface area contributed by atoms with E-state index in [4.69, 9.17) is 23.7 Å². The molecule has 222 valence electrons. The van der Waals surface area contributed by atoms with Gasteiger partial charge in [0.05, 0.1) is 30.0 Å². The molecular formula is C30H36O11. The molecular weight excluding hydrogens is 536 g/mol. The highest BCUT2D eigenvalue weighted by atomic mass is 16.8. The average molecular weight is 573 g/mol. The van der Waals surface area contributed by atoms with Gasteiger partial charge in [0.2, 0.25) is 5.79 Å². The Morgan fingerprint density at radius 3 is 2.59 bits per heavy atom. The van der Waals surface area contributed by atoms with Gasteiger partial charge in [-0.15, -0.1) is 0 Å². The summed E-state index contributed by atoms with van der Waals surface area (Å²) in [5, 5.41) is 24.8. The van der Waals surface area contributed by atoms with Crippen molar-refractivity contribution in [2.75, 3.05) is 13.2 Å². The predicted octanol–water partition coefficient (Wildman–Crippen LogP) is 0.767. The highest BCUT2D eigenvalue weighted by molar-refractivity contribution is 6.00. The van der Waals surface area contributed by atoms with E-state index in [2.05, 4.69) is 0 Å². The van der Waals surface area contributed by atoms with Crippen molar-refractivity contribution in [2.45, 2.75) is 100 Å². The minimum Gasteiger partial charge on any atom is -0.458 e. The Morgan fingerprint density at radius 1 is 1.10 bits per heavy atom. The van der Waals surface area contributed by atoms with Crippen LogP contribution in [0.2, 0.25) is 0 Å². The molecule has 0 radical (unpaired) electrons. The zero-order valence-electron chi connectivity index (χ0n) is 23.6. The van der Waals surface area contributed by atoms with Crippen LogP contribution >= 0.6 is 0 Å². The fourth-order valence-electron chi connectivity index (χ4n) is 10.9.